The Morgan fingerprint density at radius 3 is 2.82 bits per heavy atom. The number of aromatic amines is 1. The first-order valence-electron chi connectivity index (χ1n) is 10.5. The Kier molecular flexibility index (Phi) is 6.39. The lowest BCUT2D eigenvalue weighted by Gasteiger charge is -2.32. The number of piperidine rings is 1. The molecule has 6 nitrogen and oxygen atoms in total. The van der Waals surface area contributed by atoms with Crippen LogP contribution in [0, 0.1) is 0 Å². The van der Waals surface area contributed by atoms with E-state index in [-0.39, 0.29) is 5.91 Å². The maximum atomic E-state index is 12.6. The largest absolute Gasteiger partial charge is 0.378 e. The Balaban J connectivity index is 1.29. The summed E-state index contributed by atoms with van der Waals surface area (Å²) in [5.41, 5.74) is 3.05. The molecule has 1 atom stereocenters. The molecule has 0 aliphatic carbocycles. The predicted octanol–water partition coefficient (Wildman–Crippen LogP) is 2.69. The van der Waals surface area contributed by atoms with Crippen LogP contribution in [0.4, 0.5) is 0 Å². The second-order valence-corrected chi connectivity index (χ2v) is 7.84. The molecule has 1 amide bonds. The zero-order valence-corrected chi connectivity index (χ0v) is 16.5. The van der Waals surface area contributed by atoms with Crippen LogP contribution < -0.4 is 0 Å². The highest BCUT2D eigenvalue weighted by atomic mass is 16.5. The summed E-state index contributed by atoms with van der Waals surface area (Å²) in [5, 5.41) is 7.46. The van der Waals surface area contributed by atoms with E-state index in [4.69, 9.17) is 4.74 Å². The molecular formula is C22H30N4O2. The van der Waals surface area contributed by atoms with Crippen molar-refractivity contribution in [2.75, 3.05) is 45.9 Å². The number of hydrogen-bond donors (Lipinski definition) is 1. The first-order valence-corrected chi connectivity index (χ1v) is 10.5. The number of aromatic nitrogens is 2. The number of aryl methyl sites for hydroxylation is 1. The van der Waals surface area contributed by atoms with Crippen LogP contribution in [0.25, 0.3) is 0 Å². The molecule has 6 heteroatoms. The van der Waals surface area contributed by atoms with Crippen LogP contribution in [0.1, 0.15) is 46.9 Å². The van der Waals surface area contributed by atoms with Crippen LogP contribution in [0.3, 0.4) is 0 Å². The van der Waals surface area contributed by atoms with E-state index in [9.17, 15) is 4.79 Å². The summed E-state index contributed by atoms with van der Waals surface area (Å²) in [5.74, 6) is 0.450. The fourth-order valence-corrected chi connectivity index (χ4v) is 4.25. The van der Waals surface area contributed by atoms with E-state index in [0.717, 1.165) is 31.6 Å². The molecule has 1 N–H and O–H groups in total. The van der Waals surface area contributed by atoms with E-state index in [2.05, 4.69) is 45.4 Å². The second kappa shape index (κ2) is 9.34. The zero-order chi connectivity index (χ0) is 19.2. The highest BCUT2D eigenvalue weighted by Crippen LogP contribution is 2.26. The first kappa shape index (κ1) is 19.2. The van der Waals surface area contributed by atoms with Gasteiger partial charge in [0.2, 0.25) is 0 Å². The Bertz CT molecular complexity index is 755. The van der Waals surface area contributed by atoms with Gasteiger partial charge in [-0.3, -0.25) is 9.89 Å². The number of hydrogen-bond acceptors (Lipinski definition) is 4. The van der Waals surface area contributed by atoms with Crippen molar-refractivity contribution in [3.05, 3.63) is 53.3 Å². The van der Waals surface area contributed by atoms with E-state index < -0.39 is 0 Å². The van der Waals surface area contributed by atoms with Crippen LogP contribution in [0.15, 0.2) is 36.4 Å². The number of morpholine rings is 1. The Morgan fingerprint density at radius 2 is 2.00 bits per heavy atom. The minimum Gasteiger partial charge on any atom is -0.378 e. The summed E-state index contributed by atoms with van der Waals surface area (Å²) in [6.07, 6.45) is 4.66. The molecular weight excluding hydrogens is 352 g/mol. The Morgan fingerprint density at radius 1 is 1.18 bits per heavy atom. The number of carbonyl (C=O) groups is 1. The van der Waals surface area contributed by atoms with Gasteiger partial charge in [-0.25, -0.2) is 0 Å². The van der Waals surface area contributed by atoms with Crippen LogP contribution in [0.5, 0.6) is 0 Å². The molecule has 0 spiro atoms. The van der Waals surface area contributed by atoms with Gasteiger partial charge >= 0.3 is 0 Å². The summed E-state index contributed by atoms with van der Waals surface area (Å²) < 4.78 is 5.33. The molecule has 1 aromatic carbocycles. The van der Waals surface area contributed by atoms with E-state index in [1.165, 1.54) is 24.9 Å². The van der Waals surface area contributed by atoms with Gasteiger partial charge in [0.15, 0.2) is 0 Å². The van der Waals surface area contributed by atoms with Gasteiger partial charge in [0.1, 0.15) is 5.69 Å². The van der Waals surface area contributed by atoms with Crippen molar-refractivity contribution in [1.29, 1.82) is 0 Å². The summed E-state index contributed by atoms with van der Waals surface area (Å²) >= 11 is 0. The standard InChI is InChI=1S/C22H30N4O2/c27-22(26-12-14-28-15-13-26)21-16-20(23-24-21)19-9-5-11-25(17-19)10-4-8-18-6-2-1-3-7-18/h1-3,6-7,16,19H,4-5,8-15,17H2,(H,23,24). The number of benzene rings is 1. The molecule has 28 heavy (non-hydrogen) atoms. The van der Waals surface area contributed by atoms with Crippen molar-refractivity contribution in [2.45, 2.75) is 31.6 Å². The highest BCUT2D eigenvalue weighted by Gasteiger charge is 2.25. The molecule has 2 aliphatic rings. The quantitative estimate of drug-likeness (QED) is 0.834. The average molecular weight is 383 g/mol. The highest BCUT2D eigenvalue weighted by molar-refractivity contribution is 5.92. The number of nitrogens with zero attached hydrogens (tertiary/aromatic N) is 3. The predicted molar refractivity (Wildman–Crippen MR) is 108 cm³/mol. The van der Waals surface area contributed by atoms with Gasteiger partial charge in [0.05, 0.1) is 13.2 Å². The maximum Gasteiger partial charge on any atom is 0.274 e. The zero-order valence-electron chi connectivity index (χ0n) is 16.5. The minimum atomic E-state index is 0.0151. The average Bonchev–Trinajstić information content (AvgIpc) is 3.25. The number of nitrogens with one attached hydrogen (secondary N) is 1. The molecule has 0 saturated carbocycles. The molecule has 4 rings (SSSR count). The molecule has 2 aliphatic heterocycles. The molecule has 3 heterocycles. The second-order valence-electron chi connectivity index (χ2n) is 7.84. The van der Waals surface area contributed by atoms with Crippen molar-refractivity contribution in [3.63, 3.8) is 0 Å². The summed E-state index contributed by atoms with van der Waals surface area (Å²) in [6, 6.07) is 12.7. The van der Waals surface area contributed by atoms with Crippen molar-refractivity contribution in [2.24, 2.45) is 0 Å². The number of rotatable bonds is 6. The molecule has 2 aromatic rings. The fraction of sp³-hybridized carbons (Fsp3) is 0.545. The van der Waals surface area contributed by atoms with E-state index >= 15 is 0 Å². The Hall–Kier alpha value is -2.18. The Labute approximate surface area is 166 Å². The van der Waals surface area contributed by atoms with Gasteiger partial charge in [0.25, 0.3) is 5.91 Å². The smallest absolute Gasteiger partial charge is 0.274 e. The third-order valence-electron chi connectivity index (χ3n) is 5.84. The third kappa shape index (κ3) is 4.80. The molecule has 0 bridgehead atoms. The fourth-order valence-electron chi connectivity index (χ4n) is 4.25. The summed E-state index contributed by atoms with van der Waals surface area (Å²) in [7, 11) is 0. The molecule has 2 saturated heterocycles. The molecule has 1 aromatic heterocycles. The van der Waals surface area contributed by atoms with Crippen molar-refractivity contribution in [3.8, 4) is 0 Å². The first-order chi connectivity index (χ1) is 13.8. The van der Waals surface area contributed by atoms with Gasteiger partial charge in [-0.1, -0.05) is 30.3 Å². The van der Waals surface area contributed by atoms with Crippen molar-refractivity contribution < 1.29 is 9.53 Å². The van der Waals surface area contributed by atoms with E-state index in [1.54, 1.807) is 0 Å². The molecule has 2 fully saturated rings. The third-order valence-corrected chi connectivity index (χ3v) is 5.84. The van der Waals surface area contributed by atoms with Gasteiger partial charge in [-0.05, 0) is 50.4 Å². The van der Waals surface area contributed by atoms with Crippen LogP contribution in [-0.2, 0) is 11.2 Å². The molecule has 1 unspecified atom stereocenters. The van der Waals surface area contributed by atoms with Crippen LogP contribution in [-0.4, -0.2) is 71.8 Å². The number of ether oxygens (including phenoxy) is 1. The molecule has 0 radical (unpaired) electrons. The van der Waals surface area contributed by atoms with E-state index in [1.807, 2.05) is 11.0 Å². The lowest BCUT2D eigenvalue weighted by molar-refractivity contribution is 0.0299. The van der Waals surface area contributed by atoms with Gasteiger partial charge in [0, 0.05) is 31.2 Å². The molecule has 150 valence electrons. The number of likely N-dealkylation sites (tertiary alicyclic amines) is 1. The maximum absolute atomic E-state index is 12.6. The number of amides is 1. The number of carbonyl (C=O) groups excluding carboxylic acids is 1. The van der Waals surface area contributed by atoms with Gasteiger partial charge in [-0.15, -0.1) is 0 Å². The normalized spacial score (nSPS) is 21.0. The minimum absolute atomic E-state index is 0.0151. The monoisotopic (exact) mass is 382 g/mol. The van der Waals surface area contributed by atoms with E-state index in [0.29, 0.717) is 37.9 Å². The number of H-pyrrole nitrogens is 1. The lowest BCUT2D eigenvalue weighted by Crippen LogP contribution is -2.40. The van der Waals surface area contributed by atoms with Crippen molar-refractivity contribution in [1.82, 2.24) is 20.0 Å². The summed E-state index contributed by atoms with van der Waals surface area (Å²) in [4.78, 5) is 17.0. The topological polar surface area (TPSA) is 61.5 Å². The summed E-state index contributed by atoms with van der Waals surface area (Å²) in [6.45, 7) is 5.87. The lowest BCUT2D eigenvalue weighted by atomic mass is 9.94. The van der Waals surface area contributed by atoms with Gasteiger partial charge < -0.3 is 14.5 Å². The van der Waals surface area contributed by atoms with Crippen LogP contribution >= 0.6 is 0 Å². The SMILES string of the molecule is O=C(c1cc(C2CCCN(CCCc3ccccc3)C2)[nH]n1)N1CCOCC1. The van der Waals surface area contributed by atoms with Crippen molar-refractivity contribution >= 4 is 5.91 Å². The van der Waals surface area contributed by atoms with Crippen LogP contribution in [0.2, 0.25) is 0 Å². The van der Waals surface area contributed by atoms with Gasteiger partial charge in [-0.2, -0.15) is 5.10 Å².